The molecule has 0 aromatic carbocycles. The van der Waals surface area contributed by atoms with Crippen LogP contribution in [0.4, 0.5) is 0 Å². The molecule has 2 saturated carbocycles. The van der Waals surface area contributed by atoms with Gasteiger partial charge in [-0.2, -0.15) is 0 Å². The average molecular weight is 282 g/mol. The molecule has 5 unspecified atom stereocenters. The van der Waals surface area contributed by atoms with Crippen LogP contribution >= 0.6 is 0 Å². The lowest BCUT2D eigenvalue weighted by Crippen LogP contribution is -2.41. The van der Waals surface area contributed by atoms with E-state index in [1.54, 1.807) is 0 Å². The Balaban J connectivity index is 1.35. The Hall–Kier alpha value is -0.160. The minimum atomic E-state index is 0.256. The van der Waals surface area contributed by atoms with E-state index in [2.05, 4.69) is 6.92 Å². The number of hydrogen-bond acceptors (Lipinski definition) is 4. The fourth-order valence-electron chi connectivity index (χ4n) is 4.61. The van der Waals surface area contributed by atoms with Crippen molar-refractivity contribution >= 4 is 0 Å². The fourth-order valence-corrected chi connectivity index (χ4v) is 4.61. The molecule has 2 heterocycles. The molecule has 2 aliphatic carbocycles. The lowest BCUT2D eigenvalue weighted by Gasteiger charge is -2.40. The van der Waals surface area contributed by atoms with Gasteiger partial charge in [-0.1, -0.05) is 6.92 Å². The first-order valence-corrected chi connectivity index (χ1v) is 8.14. The maximum absolute atomic E-state index is 5.98. The minimum absolute atomic E-state index is 0.256. The van der Waals surface area contributed by atoms with Gasteiger partial charge in [0.05, 0.1) is 39.6 Å². The second-order valence-electron chi connectivity index (χ2n) is 7.43. The predicted octanol–water partition coefficient (Wildman–Crippen LogP) is 1.87. The van der Waals surface area contributed by atoms with E-state index in [9.17, 15) is 0 Å². The molecule has 0 aromatic heterocycles. The third kappa shape index (κ3) is 2.76. The van der Waals surface area contributed by atoms with Crippen molar-refractivity contribution < 1.29 is 18.9 Å². The molecule has 2 aliphatic heterocycles. The van der Waals surface area contributed by atoms with E-state index in [1.807, 2.05) is 0 Å². The van der Waals surface area contributed by atoms with Gasteiger partial charge in [0.2, 0.25) is 0 Å². The number of ether oxygens (including phenoxy) is 4. The summed E-state index contributed by atoms with van der Waals surface area (Å²) in [5, 5.41) is 0. The van der Waals surface area contributed by atoms with Crippen LogP contribution in [0.1, 0.15) is 26.2 Å². The van der Waals surface area contributed by atoms with Crippen molar-refractivity contribution in [1.82, 2.24) is 0 Å². The summed E-state index contributed by atoms with van der Waals surface area (Å²) in [6.07, 6.45) is 4.81. The largest absolute Gasteiger partial charge is 0.378 e. The Morgan fingerprint density at radius 2 is 1.60 bits per heavy atom. The molecule has 114 valence electrons. The summed E-state index contributed by atoms with van der Waals surface area (Å²) in [5.74, 6) is 2.51. The Morgan fingerprint density at radius 1 is 1.00 bits per heavy atom. The van der Waals surface area contributed by atoms with Gasteiger partial charge in [0, 0.05) is 5.41 Å². The smallest absolute Gasteiger partial charge is 0.104 e. The summed E-state index contributed by atoms with van der Waals surface area (Å²) in [6, 6.07) is 0. The Labute approximate surface area is 121 Å². The number of epoxide rings is 2. The summed E-state index contributed by atoms with van der Waals surface area (Å²) in [7, 11) is 0. The zero-order valence-corrected chi connectivity index (χ0v) is 12.4. The maximum Gasteiger partial charge on any atom is 0.104 e. The van der Waals surface area contributed by atoms with Crippen LogP contribution in [0.25, 0.3) is 0 Å². The molecule has 0 radical (unpaired) electrons. The fraction of sp³-hybridized carbons (Fsp3) is 1.00. The Kier molecular flexibility index (Phi) is 3.53. The predicted molar refractivity (Wildman–Crippen MR) is 73.5 cm³/mol. The van der Waals surface area contributed by atoms with Gasteiger partial charge in [-0.15, -0.1) is 0 Å². The van der Waals surface area contributed by atoms with Crippen LogP contribution < -0.4 is 0 Å². The van der Waals surface area contributed by atoms with Gasteiger partial charge in [-0.05, 0) is 37.0 Å². The first-order chi connectivity index (χ1) is 9.75. The first-order valence-electron chi connectivity index (χ1n) is 8.14. The highest BCUT2D eigenvalue weighted by molar-refractivity contribution is 5.03. The summed E-state index contributed by atoms with van der Waals surface area (Å²) in [5.41, 5.74) is 0.256. The molecule has 4 aliphatic rings. The van der Waals surface area contributed by atoms with Gasteiger partial charge in [0.15, 0.2) is 0 Å². The molecule has 20 heavy (non-hydrogen) atoms. The molecular weight excluding hydrogens is 256 g/mol. The van der Waals surface area contributed by atoms with Crippen molar-refractivity contribution in [3.63, 3.8) is 0 Å². The van der Waals surface area contributed by atoms with E-state index < -0.39 is 0 Å². The van der Waals surface area contributed by atoms with Crippen LogP contribution in [0.2, 0.25) is 0 Å². The highest BCUT2D eigenvalue weighted by Gasteiger charge is 2.54. The molecule has 0 aromatic rings. The number of hydrogen-bond donors (Lipinski definition) is 0. The molecule has 0 amide bonds. The quantitative estimate of drug-likeness (QED) is 0.638. The first kappa shape index (κ1) is 13.5. The van der Waals surface area contributed by atoms with Gasteiger partial charge in [0.1, 0.15) is 12.2 Å². The van der Waals surface area contributed by atoms with E-state index in [4.69, 9.17) is 18.9 Å². The summed E-state index contributed by atoms with van der Waals surface area (Å²) in [6.45, 7) is 7.40. The van der Waals surface area contributed by atoms with Crippen molar-refractivity contribution in [3.8, 4) is 0 Å². The molecule has 2 bridgehead atoms. The van der Waals surface area contributed by atoms with Crippen molar-refractivity contribution in [3.05, 3.63) is 0 Å². The Bertz CT molecular complexity index is 332. The van der Waals surface area contributed by atoms with Crippen molar-refractivity contribution in [1.29, 1.82) is 0 Å². The normalized spacial score (nSPS) is 48.8. The second kappa shape index (κ2) is 5.24. The SMILES string of the molecule is CC1CC2CC1C(COCC1CO1)(COCC1CO1)C2. The van der Waals surface area contributed by atoms with Crippen LogP contribution in [0.3, 0.4) is 0 Å². The maximum atomic E-state index is 5.98. The average Bonchev–Trinajstić information content (AvgIpc) is 3.32. The molecular formula is C16H26O4. The van der Waals surface area contributed by atoms with Gasteiger partial charge in [-0.25, -0.2) is 0 Å². The lowest BCUT2D eigenvalue weighted by atomic mass is 9.70. The third-order valence-corrected chi connectivity index (χ3v) is 5.65. The molecule has 5 atom stereocenters. The minimum Gasteiger partial charge on any atom is -0.378 e. The number of fused-ring (bicyclic) bond motifs is 2. The van der Waals surface area contributed by atoms with Gasteiger partial charge < -0.3 is 18.9 Å². The van der Waals surface area contributed by atoms with Gasteiger partial charge >= 0.3 is 0 Å². The van der Waals surface area contributed by atoms with Crippen LogP contribution in [0.15, 0.2) is 0 Å². The van der Waals surface area contributed by atoms with Gasteiger partial charge in [-0.3, -0.25) is 0 Å². The molecule has 4 rings (SSSR count). The molecule has 4 fully saturated rings. The van der Waals surface area contributed by atoms with Crippen molar-refractivity contribution in [2.75, 3.05) is 39.6 Å². The highest BCUT2D eigenvalue weighted by atomic mass is 16.6. The molecule has 4 heteroatoms. The summed E-state index contributed by atoms with van der Waals surface area (Å²) in [4.78, 5) is 0. The van der Waals surface area contributed by atoms with Gasteiger partial charge in [0.25, 0.3) is 0 Å². The van der Waals surface area contributed by atoms with E-state index >= 15 is 0 Å². The topological polar surface area (TPSA) is 43.5 Å². The standard InChI is InChI=1S/C16H26O4/c1-11-2-12-3-15(11)16(4-12,9-17-5-13-7-19-13)10-18-6-14-8-20-14/h11-15H,2-10H2,1H3. The zero-order chi connectivity index (χ0) is 13.6. The molecule has 0 N–H and O–H groups in total. The Morgan fingerprint density at radius 3 is 2.05 bits per heavy atom. The molecule has 4 nitrogen and oxygen atoms in total. The lowest BCUT2D eigenvalue weighted by molar-refractivity contribution is -0.0679. The van der Waals surface area contributed by atoms with E-state index in [1.165, 1.54) is 19.3 Å². The second-order valence-corrected chi connectivity index (χ2v) is 7.43. The summed E-state index contributed by atoms with van der Waals surface area (Å²) < 4.78 is 22.4. The van der Waals surface area contributed by atoms with Crippen molar-refractivity contribution in [2.24, 2.45) is 23.2 Å². The summed E-state index contributed by atoms with van der Waals surface area (Å²) >= 11 is 0. The van der Waals surface area contributed by atoms with Crippen LogP contribution in [-0.4, -0.2) is 51.8 Å². The van der Waals surface area contributed by atoms with E-state index in [0.29, 0.717) is 12.2 Å². The van der Waals surface area contributed by atoms with Crippen molar-refractivity contribution in [2.45, 2.75) is 38.4 Å². The van der Waals surface area contributed by atoms with Crippen LogP contribution in [0, 0.1) is 23.2 Å². The van der Waals surface area contributed by atoms with Crippen LogP contribution in [-0.2, 0) is 18.9 Å². The highest BCUT2D eigenvalue weighted by Crippen LogP contribution is 2.58. The third-order valence-electron chi connectivity index (χ3n) is 5.65. The molecule has 0 spiro atoms. The van der Waals surface area contributed by atoms with E-state index in [-0.39, 0.29) is 5.41 Å². The zero-order valence-electron chi connectivity index (χ0n) is 12.4. The van der Waals surface area contributed by atoms with E-state index in [0.717, 1.165) is 57.4 Å². The van der Waals surface area contributed by atoms with Crippen LogP contribution in [0.5, 0.6) is 0 Å². The number of rotatable bonds is 8. The molecule has 2 saturated heterocycles. The monoisotopic (exact) mass is 282 g/mol.